The summed E-state index contributed by atoms with van der Waals surface area (Å²) in [4.78, 5) is 28.0. The van der Waals surface area contributed by atoms with Crippen LogP contribution in [0.5, 0.6) is 0 Å². The molecule has 1 aliphatic heterocycles. The van der Waals surface area contributed by atoms with Gasteiger partial charge < -0.3 is 15.3 Å². The number of carbonyl (C=O) groups is 2. The third kappa shape index (κ3) is 3.99. The fourth-order valence-corrected chi connectivity index (χ4v) is 5.66. The molecule has 2 fully saturated rings. The molecule has 2 aliphatic rings. The summed E-state index contributed by atoms with van der Waals surface area (Å²) in [6.45, 7) is 0.607. The van der Waals surface area contributed by atoms with Gasteiger partial charge in [-0.3, -0.25) is 14.3 Å². The largest absolute Gasteiger partial charge is 0.389 e. The molecule has 2 N–H and O–H groups in total. The Kier molecular flexibility index (Phi) is 5.36. The number of likely N-dealkylation sites (tertiary alicyclic amines) is 1. The molecule has 2 amide bonds. The predicted molar refractivity (Wildman–Crippen MR) is 135 cm³/mol. The van der Waals surface area contributed by atoms with Crippen molar-refractivity contribution in [2.45, 2.75) is 24.9 Å². The van der Waals surface area contributed by atoms with E-state index in [1.807, 2.05) is 31.4 Å². The van der Waals surface area contributed by atoms with E-state index < -0.39 is 6.10 Å². The Morgan fingerprint density at radius 2 is 2.00 bits per heavy atom. The van der Waals surface area contributed by atoms with Gasteiger partial charge in [0.2, 0.25) is 0 Å². The number of fused-ring (bicyclic) bond motifs is 1. The molecule has 1 saturated carbocycles. The minimum absolute atomic E-state index is 0.231. The molecule has 3 heterocycles. The number of β-amino-alcohol motifs (C(OH)–C–C–N with tert-alkyl or cyclic N) is 1. The van der Waals surface area contributed by atoms with E-state index >= 15 is 0 Å². The highest BCUT2D eigenvalue weighted by atomic mass is 35.5. The number of rotatable bonds is 5. The number of aryl methyl sites for hydroxylation is 1. The number of anilines is 1. The molecule has 0 unspecified atom stereocenters. The molecule has 35 heavy (non-hydrogen) atoms. The lowest BCUT2D eigenvalue weighted by Gasteiger charge is -2.36. The molecule has 0 bridgehead atoms. The van der Waals surface area contributed by atoms with Crippen LogP contribution in [0.4, 0.5) is 5.69 Å². The Labute approximate surface area is 210 Å². The molecule has 2 aromatic carbocycles. The number of aromatic nitrogens is 3. The number of halogens is 1. The lowest BCUT2D eigenvalue weighted by Crippen LogP contribution is -2.53. The Morgan fingerprint density at radius 3 is 2.71 bits per heavy atom. The van der Waals surface area contributed by atoms with Crippen LogP contribution in [-0.4, -0.2) is 55.2 Å². The predicted octanol–water partition coefficient (Wildman–Crippen LogP) is 4.30. The Hall–Kier alpha value is -3.27. The van der Waals surface area contributed by atoms with Crippen molar-refractivity contribution in [1.82, 2.24) is 19.1 Å². The molecule has 10 heteroatoms. The smallest absolute Gasteiger partial charge is 0.267 e. The standard InChI is InChI=1S/C25H22ClN5O3S/c1-30-12-18-16(3-2-4-20(18)28-30)22-21(13-5-6-13)23(35-29-22)24(33)27-14-7-8-17(19(26)9-14)25(34)31-10-15(32)11-31/h2-4,7-9,12-13,15,32H,5-6,10-11H2,1H3,(H,27,33). The summed E-state index contributed by atoms with van der Waals surface area (Å²) in [6, 6.07) is 10.8. The van der Waals surface area contributed by atoms with Gasteiger partial charge in [0.05, 0.1) is 27.9 Å². The fourth-order valence-electron chi connectivity index (χ4n) is 4.52. The normalized spacial score (nSPS) is 15.9. The summed E-state index contributed by atoms with van der Waals surface area (Å²) in [6.07, 6.45) is 3.56. The van der Waals surface area contributed by atoms with Crippen LogP contribution in [0.3, 0.4) is 0 Å². The van der Waals surface area contributed by atoms with Gasteiger partial charge in [-0.2, -0.15) is 9.47 Å². The number of aliphatic hydroxyl groups is 1. The van der Waals surface area contributed by atoms with E-state index in [2.05, 4.69) is 10.4 Å². The molecule has 6 rings (SSSR count). The SMILES string of the molecule is Cn1cc2c(-c3nsc(C(=O)Nc4ccc(C(=O)N5CC(O)C5)c(Cl)c4)c3C3CC3)cccc2n1. The van der Waals surface area contributed by atoms with Gasteiger partial charge in [0.1, 0.15) is 4.88 Å². The Bertz CT molecular complexity index is 1490. The second-order valence-corrected chi connectivity index (χ2v) is 10.3. The van der Waals surface area contributed by atoms with E-state index in [1.54, 1.807) is 22.9 Å². The van der Waals surface area contributed by atoms with Crippen LogP contribution < -0.4 is 5.32 Å². The Morgan fingerprint density at radius 1 is 1.20 bits per heavy atom. The van der Waals surface area contributed by atoms with Crippen molar-refractivity contribution in [2.24, 2.45) is 7.05 Å². The molecule has 8 nitrogen and oxygen atoms in total. The average molecular weight is 508 g/mol. The zero-order valence-corrected chi connectivity index (χ0v) is 20.4. The van der Waals surface area contributed by atoms with Crippen LogP contribution in [0.2, 0.25) is 5.02 Å². The summed E-state index contributed by atoms with van der Waals surface area (Å²) in [5.41, 5.74) is 4.55. The summed E-state index contributed by atoms with van der Waals surface area (Å²) < 4.78 is 6.50. The van der Waals surface area contributed by atoms with E-state index in [0.717, 1.165) is 40.6 Å². The maximum Gasteiger partial charge on any atom is 0.267 e. The van der Waals surface area contributed by atoms with Crippen molar-refractivity contribution >= 4 is 51.5 Å². The third-order valence-electron chi connectivity index (χ3n) is 6.45. The first-order valence-electron chi connectivity index (χ1n) is 11.4. The van der Waals surface area contributed by atoms with Crippen molar-refractivity contribution in [1.29, 1.82) is 0 Å². The molecule has 0 spiro atoms. The average Bonchev–Trinajstić information content (AvgIpc) is 3.42. The maximum absolute atomic E-state index is 13.3. The van der Waals surface area contributed by atoms with Gasteiger partial charge in [0, 0.05) is 48.5 Å². The molecule has 178 valence electrons. The fraction of sp³-hybridized carbons (Fsp3) is 0.280. The van der Waals surface area contributed by atoms with Gasteiger partial charge in [-0.05, 0) is 54.6 Å². The highest BCUT2D eigenvalue weighted by Crippen LogP contribution is 2.48. The monoisotopic (exact) mass is 507 g/mol. The quantitative estimate of drug-likeness (QED) is 0.419. The van der Waals surface area contributed by atoms with Gasteiger partial charge in [0.15, 0.2) is 0 Å². The number of nitrogens with zero attached hydrogens (tertiary/aromatic N) is 4. The minimum Gasteiger partial charge on any atom is -0.389 e. The molecule has 0 radical (unpaired) electrons. The first-order chi connectivity index (χ1) is 16.9. The lowest BCUT2D eigenvalue weighted by molar-refractivity contribution is 0.00591. The van der Waals surface area contributed by atoms with Gasteiger partial charge in [-0.1, -0.05) is 23.7 Å². The lowest BCUT2D eigenvalue weighted by atomic mass is 9.99. The van der Waals surface area contributed by atoms with Gasteiger partial charge >= 0.3 is 0 Å². The minimum atomic E-state index is -0.480. The van der Waals surface area contributed by atoms with Crippen LogP contribution in [0.1, 0.15) is 44.4 Å². The van der Waals surface area contributed by atoms with E-state index in [9.17, 15) is 14.7 Å². The van der Waals surface area contributed by atoms with Crippen LogP contribution in [0, 0.1) is 0 Å². The number of aliphatic hydroxyl groups excluding tert-OH is 1. The molecule has 1 saturated heterocycles. The zero-order valence-electron chi connectivity index (χ0n) is 18.9. The highest BCUT2D eigenvalue weighted by Gasteiger charge is 2.35. The van der Waals surface area contributed by atoms with Crippen molar-refractivity contribution in [3.63, 3.8) is 0 Å². The summed E-state index contributed by atoms with van der Waals surface area (Å²) in [5, 5.41) is 18.1. The number of hydrogen-bond donors (Lipinski definition) is 2. The van der Waals surface area contributed by atoms with E-state index in [1.165, 1.54) is 16.4 Å². The second-order valence-electron chi connectivity index (χ2n) is 9.10. The molecule has 4 aromatic rings. The summed E-state index contributed by atoms with van der Waals surface area (Å²) >= 11 is 7.57. The van der Waals surface area contributed by atoms with E-state index in [4.69, 9.17) is 16.0 Å². The molecule has 2 aromatic heterocycles. The Balaban J connectivity index is 1.28. The molecule has 0 atom stereocenters. The van der Waals surface area contributed by atoms with E-state index in [-0.39, 0.29) is 16.8 Å². The van der Waals surface area contributed by atoms with Crippen molar-refractivity contribution in [3.8, 4) is 11.3 Å². The number of hydrogen-bond acceptors (Lipinski definition) is 6. The van der Waals surface area contributed by atoms with Crippen molar-refractivity contribution in [2.75, 3.05) is 18.4 Å². The summed E-state index contributed by atoms with van der Waals surface area (Å²) in [5.74, 6) is -0.159. The van der Waals surface area contributed by atoms with Gasteiger partial charge in [-0.25, -0.2) is 0 Å². The molecular weight excluding hydrogens is 486 g/mol. The summed E-state index contributed by atoms with van der Waals surface area (Å²) in [7, 11) is 1.89. The van der Waals surface area contributed by atoms with Crippen LogP contribution >= 0.6 is 23.1 Å². The maximum atomic E-state index is 13.3. The van der Waals surface area contributed by atoms with Crippen molar-refractivity contribution in [3.05, 3.63) is 63.6 Å². The number of benzene rings is 2. The first-order valence-corrected chi connectivity index (χ1v) is 12.5. The van der Waals surface area contributed by atoms with Gasteiger partial charge in [-0.15, -0.1) is 0 Å². The number of amides is 2. The van der Waals surface area contributed by atoms with Crippen LogP contribution in [0.25, 0.3) is 22.2 Å². The second kappa shape index (κ2) is 8.44. The molecular formula is C25H22ClN5O3S. The van der Waals surface area contributed by atoms with E-state index in [0.29, 0.717) is 35.1 Å². The number of nitrogens with one attached hydrogen (secondary N) is 1. The highest BCUT2D eigenvalue weighted by molar-refractivity contribution is 7.08. The van der Waals surface area contributed by atoms with Crippen LogP contribution in [0.15, 0.2) is 42.6 Å². The van der Waals surface area contributed by atoms with Gasteiger partial charge in [0.25, 0.3) is 11.8 Å². The first kappa shape index (κ1) is 22.2. The topological polar surface area (TPSA) is 100 Å². The molecule has 1 aliphatic carbocycles. The third-order valence-corrected chi connectivity index (χ3v) is 7.62. The van der Waals surface area contributed by atoms with Crippen molar-refractivity contribution < 1.29 is 14.7 Å². The zero-order chi connectivity index (χ0) is 24.3. The van der Waals surface area contributed by atoms with Crippen LogP contribution in [-0.2, 0) is 7.05 Å². The number of carbonyl (C=O) groups excluding carboxylic acids is 2.